The number of nitrogens with one attached hydrogen (secondary N) is 1. The highest BCUT2D eigenvalue weighted by Gasteiger charge is 2.23. The third-order valence-corrected chi connectivity index (χ3v) is 4.39. The number of hydrogen-bond acceptors (Lipinski definition) is 6. The molecular weight excluding hydrogens is 443 g/mol. The van der Waals surface area contributed by atoms with Gasteiger partial charge >= 0.3 is 5.97 Å². The van der Waals surface area contributed by atoms with Gasteiger partial charge < -0.3 is 9.57 Å². The lowest BCUT2D eigenvalue weighted by Crippen LogP contribution is -2.12. The van der Waals surface area contributed by atoms with Crippen molar-refractivity contribution in [2.24, 2.45) is 0 Å². The number of hydrogen-bond donors (Lipinski definition) is 1. The molecule has 10 heteroatoms. The van der Waals surface area contributed by atoms with Gasteiger partial charge in [0.15, 0.2) is 0 Å². The average Bonchev–Trinajstić information content (AvgIpc) is 2.69. The van der Waals surface area contributed by atoms with Gasteiger partial charge in [0.1, 0.15) is 17.1 Å². The fraction of sp³-hybridized carbons (Fsp3) is 0. The quantitative estimate of drug-likeness (QED) is 0.337. The smallest absolute Gasteiger partial charge is 0.369 e. The number of ether oxygens (including phenoxy) is 1. The Labute approximate surface area is 179 Å². The van der Waals surface area contributed by atoms with Crippen molar-refractivity contribution in [2.45, 2.75) is 0 Å². The van der Waals surface area contributed by atoms with Gasteiger partial charge in [-0.2, -0.15) is 0 Å². The Balaban J connectivity index is 1.83. The van der Waals surface area contributed by atoms with Gasteiger partial charge in [-0.1, -0.05) is 34.8 Å². The number of nitro groups is 1. The summed E-state index contributed by atoms with van der Waals surface area (Å²) in [6.45, 7) is 0. The third kappa shape index (κ3) is 5.29. The minimum atomic E-state index is -0.973. The molecule has 29 heavy (non-hydrogen) atoms. The highest BCUT2D eigenvalue weighted by Crippen LogP contribution is 2.33. The van der Waals surface area contributed by atoms with E-state index in [4.69, 9.17) is 44.4 Å². The average molecular weight is 454 g/mol. The van der Waals surface area contributed by atoms with Crippen molar-refractivity contribution in [3.63, 3.8) is 0 Å². The van der Waals surface area contributed by atoms with E-state index in [2.05, 4.69) is 5.48 Å². The Bertz CT molecular complexity index is 1070. The fourth-order valence-corrected chi connectivity index (χ4v) is 2.84. The van der Waals surface area contributed by atoms with E-state index in [-0.39, 0.29) is 22.1 Å². The predicted molar refractivity (Wildman–Crippen MR) is 110 cm³/mol. The second-order valence-corrected chi connectivity index (χ2v) is 6.89. The highest BCUT2D eigenvalue weighted by molar-refractivity contribution is 6.35. The molecule has 0 aliphatic heterocycles. The summed E-state index contributed by atoms with van der Waals surface area (Å²) >= 11 is 17.7. The number of anilines is 1. The lowest BCUT2D eigenvalue weighted by molar-refractivity contribution is -0.385. The van der Waals surface area contributed by atoms with E-state index in [1.54, 1.807) is 30.3 Å². The maximum absolute atomic E-state index is 12.4. The van der Waals surface area contributed by atoms with Crippen LogP contribution in [0.1, 0.15) is 10.4 Å². The Kier molecular flexibility index (Phi) is 6.43. The summed E-state index contributed by atoms with van der Waals surface area (Å²) in [6.07, 6.45) is 0. The first-order chi connectivity index (χ1) is 13.8. The molecule has 1 N–H and O–H groups in total. The number of nitrogens with zero attached hydrogens (tertiary/aromatic N) is 1. The molecule has 0 bridgehead atoms. The van der Waals surface area contributed by atoms with E-state index >= 15 is 0 Å². The van der Waals surface area contributed by atoms with Gasteiger partial charge in [-0.25, -0.2) is 10.3 Å². The van der Waals surface area contributed by atoms with Crippen LogP contribution in [0.3, 0.4) is 0 Å². The van der Waals surface area contributed by atoms with Gasteiger partial charge in [0.2, 0.25) is 0 Å². The monoisotopic (exact) mass is 452 g/mol. The zero-order valence-electron chi connectivity index (χ0n) is 14.4. The number of halogens is 3. The maximum atomic E-state index is 12.4. The number of rotatable bonds is 6. The van der Waals surface area contributed by atoms with Crippen LogP contribution in [0.15, 0.2) is 60.7 Å². The fourth-order valence-electron chi connectivity index (χ4n) is 2.26. The number of carbonyl (C=O) groups excluding carboxylic acids is 1. The normalized spacial score (nSPS) is 10.3. The standard InChI is InChI=1S/C19H11Cl3N2O5/c20-11-1-4-13(5-2-11)23-29-19(25)15-10-14(6-7-17(15)24(26)27)28-18-8-3-12(21)9-16(18)22/h1-10,23H. The molecule has 0 aliphatic carbocycles. The van der Waals surface area contributed by atoms with Gasteiger partial charge in [0.05, 0.1) is 15.6 Å². The number of carbonyl (C=O) groups is 1. The minimum absolute atomic E-state index is 0.151. The van der Waals surface area contributed by atoms with E-state index in [1.165, 1.54) is 24.3 Å². The van der Waals surface area contributed by atoms with E-state index in [9.17, 15) is 14.9 Å². The van der Waals surface area contributed by atoms with Gasteiger partial charge in [0.25, 0.3) is 5.69 Å². The largest absolute Gasteiger partial charge is 0.456 e. The molecule has 0 aliphatic rings. The molecule has 0 spiro atoms. The maximum Gasteiger partial charge on any atom is 0.369 e. The van der Waals surface area contributed by atoms with E-state index in [0.717, 1.165) is 6.07 Å². The molecule has 0 saturated carbocycles. The zero-order valence-corrected chi connectivity index (χ0v) is 16.7. The first kappa shape index (κ1) is 20.7. The molecule has 0 radical (unpaired) electrons. The predicted octanol–water partition coefficient (Wildman–Crippen LogP) is 6.53. The number of nitro benzene ring substituents is 1. The Morgan fingerprint density at radius 1 is 0.931 bits per heavy atom. The van der Waals surface area contributed by atoms with Crippen LogP contribution < -0.4 is 10.2 Å². The summed E-state index contributed by atoms with van der Waals surface area (Å²) in [5, 5.41) is 12.4. The van der Waals surface area contributed by atoms with Crippen molar-refractivity contribution in [3.8, 4) is 11.5 Å². The molecule has 0 aromatic heterocycles. The molecule has 7 nitrogen and oxygen atoms in total. The van der Waals surface area contributed by atoms with Crippen molar-refractivity contribution in [1.29, 1.82) is 0 Å². The summed E-state index contributed by atoms with van der Waals surface area (Å²) < 4.78 is 5.61. The van der Waals surface area contributed by atoms with Gasteiger partial charge in [0, 0.05) is 22.2 Å². The highest BCUT2D eigenvalue weighted by atomic mass is 35.5. The van der Waals surface area contributed by atoms with Crippen molar-refractivity contribution in [2.75, 3.05) is 5.48 Å². The van der Waals surface area contributed by atoms with Crippen LogP contribution in [-0.2, 0) is 4.84 Å². The van der Waals surface area contributed by atoms with Crippen LogP contribution in [0.25, 0.3) is 0 Å². The first-order valence-corrected chi connectivity index (χ1v) is 9.11. The third-order valence-electron chi connectivity index (χ3n) is 3.61. The Hall–Kier alpha value is -3.00. The lowest BCUT2D eigenvalue weighted by Gasteiger charge is -2.10. The minimum Gasteiger partial charge on any atom is -0.456 e. The molecule has 148 valence electrons. The van der Waals surface area contributed by atoms with Crippen molar-refractivity contribution in [3.05, 3.63) is 91.4 Å². The molecule has 0 amide bonds. The molecule has 3 aromatic rings. The molecule has 3 aromatic carbocycles. The van der Waals surface area contributed by atoms with Crippen LogP contribution in [0.4, 0.5) is 11.4 Å². The van der Waals surface area contributed by atoms with Crippen LogP contribution in [-0.4, -0.2) is 10.9 Å². The van der Waals surface area contributed by atoms with Crippen LogP contribution >= 0.6 is 34.8 Å². The molecule has 0 saturated heterocycles. The summed E-state index contributed by atoms with van der Waals surface area (Å²) in [5.41, 5.74) is 2.10. The van der Waals surface area contributed by atoms with E-state index in [1.807, 2.05) is 0 Å². The molecule has 0 fully saturated rings. The van der Waals surface area contributed by atoms with Crippen LogP contribution in [0, 0.1) is 10.1 Å². The van der Waals surface area contributed by atoms with Crippen molar-refractivity contribution in [1.82, 2.24) is 0 Å². The van der Waals surface area contributed by atoms with Gasteiger partial charge in [-0.15, -0.1) is 0 Å². The second-order valence-electron chi connectivity index (χ2n) is 5.61. The Morgan fingerprint density at radius 3 is 2.28 bits per heavy atom. The molecule has 0 unspecified atom stereocenters. The van der Waals surface area contributed by atoms with Gasteiger partial charge in [-0.05, 0) is 48.5 Å². The first-order valence-electron chi connectivity index (χ1n) is 7.97. The van der Waals surface area contributed by atoms with Gasteiger partial charge in [-0.3, -0.25) is 10.1 Å². The Morgan fingerprint density at radius 2 is 1.62 bits per heavy atom. The summed E-state index contributed by atoms with van der Waals surface area (Å²) in [6, 6.07) is 14.6. The van der Waals surface area contributed by atoms with Crippen molar-refractivity contribution >= 4 is 52.1 Å². The topological polar surface area (TPSA) is 90.7 Å². The van der Waals surface area contributed by atoms with Crippen molar-refractivity contribution < 1.29 is 19.3 Å². The van der Waals surface area contributed by atoms with E-state index < -0.39 is 16.6 Å². The molecule has 0 heterocycles. The van der Waals surface area contributed by atoms with Crippen LogP contribution in [0.5, 0.6) is 11.5 Å². The van der Waals surface area contributed by atoms with Crippen LogP contribution in [0.2, 0.25) is 15.1 Å². The SMILES string of the molecule is O=C(ONc1ccc(Cl)cc1)c1cc(Oc2ccc(Cl)cc2Cl)ccc1[N+](=O)[O-]. The summed E-state index contributed by atoms with van der Waals surface area (Å²) in [7, 11) is 0. The van der Waals surface area contributed by atoms with E-state index in [0.29, 0.717) is 15.7 Å². The summed E-state index contributed by atoms with van der Waals surface area (Å²) in [4.78, 5) is 28.0. The second kappa shape index (κ2) is 9.00. The molecular formula is C19H11Cl3N2O5. The number of benzene rings is 3. The zero-order chi connectivity index (χ0) is 21.0. The lowest BCUT2D eigenvalue weighted by atomic mass is 10.1. The summed E-state index contributed by atoms with van der Waals surface area (Å²) in [5.74, 6) is -0.555. The molecule has 0 atom stereocenters. The molecule has 3 rings (SSSR count).